The highest BCUT2D eigenvalue weighted by molar-refractivity contribution is 5.99. The van der Waals surface area contributed by atoms with Crippen LogP contribution in [0, 0.1) is 6.92 Å². The van der Waals surface area contributed by atoms with E-state index in [2.05, 4.69) is 30.8 Å². The third kappa shape index (κ3) is 6.15. The molecule has 0 radical (unpaired) electrons. The summed E-state index contributed by atoms with van der Waals surface area (Å²) in [5, 5.41) is 8.28. The van der Waals surface area contributed by atoms with E-state index in [9.17, 15) is 18.0 Å². The average Bonchev–Trinajstić information content (AvgIpc) is 2.80. The van der Waals surface area contributed by atoms with Crippen LogP contribution in [0.2, 0.25) is 0 Å². The minimum absolute atomic E-state index is 0.0502. The van der Waals surface area contributed by atoms with Crippen molar-refractivity contribution in [3.8, 4) is 0 Å². The molecule has 0 bridgehead atoms. The number of amides is 2. The number of hydrogen-bond donors (Lipinski definition) is 3. The van der Waals surface area contributed by atoms with Crippen molar-refractivity contribution in [1.29, 1.82) is 0 Å². The van der Waals surface area contributed by atoms with Crippen LogP contribution in [-0.2, 0) is 6.18 Å². The first-order valence-electron chi connectivity index (χ1n) is 11.0. The second-order valence-electron chi connectivity index (χ2n) is 8.07. The van der Waals surface area contributed by atoms with Crippen LogP contribution < -0.4 is 20.9 Å². The van der Waals surface area contributed by atoms with Gasteiger partial charge in [0, 0.05) is 36.2 Å². The molecule has 1 aliphatic rings. The van der Waals surface area contributed by atoms with Gasteiger partial charge in [-0.05, 0) is 68.7 Å². The number of alkyl halides is 3. The van der Waals surface area contributed by atoms with Crippen LogP contribution in [0.3, 0.4) is 0 Å². The number of carbonyl (C=O) groups excluding carboxylic acids is 1. The fourth-order valence-corrected chi connectivity index (χ4v) is 3.75. The molecule has 3 N–H and O–H groups in total. The van der Waals surface area contributed by atoms with Gasteiger partial charge >= 0.3 is 12.2 Å². The summed E-state index contributed by atoms with van der Waals surface area (Å²) in [6.45, 7) is 3.83. The zero-order valence-corrected chi connectivity index (χ0v) is 18.6. The number of nitrogens with zero attached hydrogens (tertiary/aromatic N) is 3. The molecule has 0 aliphatic carbocycles. The lowest BCUT2D eigenvalue weighted by atomic mass is 10.1. The molecule has 1 aliphatic heterocycles. The summed E-state index contributed by atoms with van der Waals surface area (Å²) < 4.78 is 38.5. The van der Waals surface area contributed by atoms with E-state index >= 15 is 0 Å². The van der Waals surface area contributed by atoms with Crippen LogP contribution in [0.15, 0.2) is 54.6 Å². The fraction of sp³-hybridized carbons (Fsp3) is 0.292. The van der Waals surface area contributed by atoms with E-state index in [0.29, 0.717) is 17.3 Å². The van der Waals surface area contributed by atoms with Crippen molar-refractivity contribution in [3.63, 3.8) is 0 Å². The van der Waals surface area contributed by atoms with Gasteiger partial charge in [-0.1, -0.05) is 6.07 Å². The van der Waals surface area contributed by atoms with Crippen molar-refractivity contribution < 1.29 is 18.0 Å². The maximum Gasteiger partial charge on any atom is 0.416 e. The van der Waals surface area contributed by atoms with E-state index in [1.807, 2.05) is 13.0 Å². The lowest BCUT2D eigenvalue weighted by Crippen LogP contribution is -2.30. The van der Waals surface area contributed by atoms with Crippen molar-refractivity contribution >= 4 is 34.7 Å². The Morgan fingerprint density at radius 3 is 2.26 bits per heavy atom. The molecule has 2 aromatic carbocycles. The third-order valence-electron chi connectivity index (χ3n) is 5.37. The molecule has 10 heteroatoms. The summed E-state index contributed by atoms with van der Waals surface area (Å²) >= 11 is 0. The van der Waals surface area contributed by atoms with Crippen molar-refractivity contribution in [1.82, 2.24) is 9.97 Å². The number of hydrogen-bond acceptors (Lipinski definition) is 5. The highest BCUT2D eigenvalue weighted by Gasteiger charge is 2.30. The SMILES string of the molecule is Cc1nc(Nc2ccc(NC(=O)Nc3cccc(C(F)(F)F)c3)cc2)cc(N2CCCCC2)n1. The first-order chi connectivity index (χ1) is 16.3. The van der Waals surface area contributed by atoms with Gasteiger partial charge in [-0.2, -0.15) is 13.2 Å². The maximum atomic E-state index is 12.8. The van der Waals surface area contributed by atoms with Gasteiger partial charge in [0.15, 0.2) is 0 Å². The number of anilines is 5. The van der Waals surface area contributed by atoms with Crippen LogP contribution in [-0.4, -0.2) is 29.1 Å². The fourth-order valence-electron chi connectivity index (χ4n) is 3.75. The number of urea groups is 1. The Balaban J connectivity index is 1.37. The van der Waals surface area contributed by atoms with Gasteiger partial charge in [-0.25, -0.2) is 14.8 Å². The van der Waals surface area contributed by atoms with E-state index < -0.39 is 17.8 Å². The molecule has 0 unspecified atom stereocenters. The monoisotopic (exact) mass is 470 g/mol. The van der Waals surface area contributed by atoms with E-state index in [-0.39, 0.29) is 5.69 Å². The molecule has 0 atom stereocenters. The first-order valence-corrected chi connectivity index (χ1v) is 11.0. The van der Waals surface area contributed by atoms with E-state index in [1.165, 1.54) is 18.6 Å². The van der Waals surface area contributed by atoms with Gasteiger partial charge in [0.25, 0.3) is 0 Å². The number of rotatable bonds is 5. The summed E-state index contributed by atoms with van der Waals surface area (Å²) in [6.07, 6.45) is -0.930. The zero-order valence-electron chi connectivity index (χ0n) is 18.6. The minimum atomic E-state index is -4.48. The van der Waals surface area contributed by atoms with Crippen molar-refractivity contribution in [2.24, 2.45) is 0 Å². The van der Waals surface area contributed by atoms with Gasteiger partial charge in [0.1, 0.15) is 17.5 Å². The Labute approximate surface area is 195 Å². The van der Waals surface area contributed by atoms with E-state index in [1.54, 1.807) is 24.3 Å². The molecule has 7 nitrogen and oxygen atoms in total. The third-order valence-corrected chi connectivity index (χ3v) is 5.37. The van der Waals surface area contributed by atoms with E-state index in [0.717, 1.165) is 49.6 Å². The normalized spacial score (nSPS) is 13.9. The number of aromatic nitrogens is 2. The molecule has 178 valence electrons. The lowest BCUT2D eigenvalue weighted by molar-refractivity contribution is -0.137. The molecule has 0 spiro atoms. The zero-order chi connectivity index (χ0) is 24.1. The smallest absolute Gasteiger partial charge is 0.356 e. The second kappa shape index (κ2) is 9.98. The van der Waals surface area contributed by atoms with Crippen LogP contribution in [0.1, 0.15) is 30.7 Å². The molecule has 1 saturated heterocycles. The molecule has 2 amide bonds. The maximum absolute atomic E-state index is 12.8. The molecule has 3 aromatic rings. The summed E-state index contributed by atoms with van der Waals surface area (Å²) in [4.78, 5) is 23.5. The molecular formula is C24H25F3N6O. The number of nitrogens with one attached hydrogen (secondary N) is 3. The van der Waals surface area contributed by atoms with Crippen LogP contribution in [0.5, 0.6) is 0 Å². The Kier molecular flexibility index (Phi) is 6.85. The Morgan fingerprint density at radius 2 is 1.56 bits per heavy atom. The van der Waals surface area contributed by atoms with Crippen molar-refractivity contribution in [2.75, 3.05) is 33.9 Å². The molecule has 1 fully saturated rings. The Bertz CT molecular complexity index is 1140. The van der Waals surface area contributed by atoms with Gasteiger partial charge < -0.3 is 20.9 Å². The molecule has 34 heavy (non-hydrogen) atoms. The largest absolute Gasteiger partial charge is 0.416 e. The molecular weight excluding hydrogens is 445 g/mol. The highest BCUT2D eigenvalue weighted by atomic mass is 19.4. The lowest BCUT2D eigenvalue weighted by Gasteiger charge is -2.28. The number of aryl methyl sites for hydroxylation is 1. The van der Waals surface area contributed by atoms with E-state index in [4.69, 9.17) is 0 Å². The topological polar surface area (TPSA) is 82.2 Å². The van der Waals surface area contributed by atoms with Crippen molar-refractivity contribution in [3.05, 3.63) is 66.0 Å². The highest BCUT2D eigenvalue weighted by Crippen LogP contribution is 2.30. The molecule has 0 saturated carbocycles. The summed E-state index contributed by atoms with van der Waals surface area (Å²) in [6, 6.07) is 12.7. The molecule has 1 aromatic heterocycles. The number of carbonyl (C=O) groups is 1. The summed E-state index contributed by atoms with van der Waals surface area (Å²) in [7, 11) is 0. The number of halogens is 3. The van der Waals surface area contributed by atoms with Gasteiger partial charge in [0.05, 0.1) is 5.56 Å². The minimum Gasteiger partial charge on any atom is -0.356 e. The van der Waals surface area contributed by atoms with Crippen molar-refractivity contribution in [2.45, 2.75) is 32.4 Å². The van der Waals surface area contributed by atoms with Gasteiger partial charge in [-0.15, -0.1) is 0 Å². The first kappa shape index (κ1) is 23.3. The summed E-state index contributed by atoms with van der Waals surface area (Å²) in [5.74, 6) is 2.26. The predicted octanol–water partition coefficient (Wildman–Crippen LogP) is 6.18. The predicted molar refractivity (Wildman–Crippen MR) is 127 cm³/mol. The van der Waals surface area contributed by atoms with Crippen LogP contribution in [0.4, 0.5) is 46.7 Å². The standard InChI is InChI=1S/C24H25F3N6O/c1-16-28-21(15-22(29-16)33-12-3-2-4-13-33)30-18-8-10-19(11-9-18)31-23(34)32-20-7-5-6-17(14-20)24(25,26)27/h5-11,14-15H,2-4,12-13H2,1H3,(H,28,29,30)(H2,31,32,34). The number of benzene rings is 2. The van der Waals surface area contributed by atoms with Crippen LogP contribution >= 0.6 is 0 Å². The Morgan fingerprint density at radius 1 is 0.882 bits per heavy atom. The quantitative estimate of drug-likeness (QED) is 0.415. The number of piperidine rings is 1. The van der Waals surface area contributed by atoms with Gasteiger partial charge in [0.2, 0.25) is 0 Å². The average molecular weight is 470 g/mol. The Hall–Kier alpha value is -3.82. The van der Waals surface area contributed by atoms with Gasteiger partial charge in [-0.3, -0.25) is 0 Å². The molecule has 4 rings (SSSR count). The summed E-state index contributed by atoms with van der Waals surface area (Å²) in [5.41, 5.74) is 0.479. The molecule has 2 heterocycles. The second-order valence-corrected chi connectivity index (χ2v) is 8.07. The van der Waals surface area contributed by atoms with Crippen LogP contribution in [0.25, 0.3) is 0 Å².